The number of methoxy groups -OCH3 is 1. The quantitative estimate of drug-likeness (QED) is 0.612. The van der Waals surface area contributed by atoms with Crippen LogP contribution in [0.3, 0.4) is 0 Å². The number of ether oxygens (including phenoxy) is 2. The van der Waals surface area contributed by atoms with E-state index < -0.39 is 5.97 Å². The topological polar surface area (TPSA) is 35.5 Å². The average Bonchev–Trinajstić information content (AvgIpc) is 2.60. The van der Waals surface area contributed by atoms with E-state index in [0.29, 0.717) is 11.1 Å². The first-order valence-electron chi connectivity index (χ1n) is 8.06. The van der Waals surface area contributed by atoms with Crippen LogP contribution in [-0.4, -0.2) is 19.2 Å². The van der Waals surface area contributed by atoms with Gasteiger partial charge in [-0.2, -0.15) is 0 Å². The Morgan fingerprint density at radius 1 is 0.960 bits per heavy atom. The molecule has 25 heavy (non-hydrogen) atoms. The summed E-state index contributed by atoms with van der Waals surface area (Å²) < 4.78 is 23.9. The van der Waals surface area contributed by atoms with Gasteiger partial charge in [-0.15, -0.1) is 0 Å². The first-order chi connectivity index (χ1) is 12.0. The first kappa shape index (κ1) is 17.0. The third-order valence-electron chi connectivity index (χ3n) is 3.88. The molecular formula is C21H19FO3. The second-order valence-corrected chi connectivity index (χ2v) is 6.07. The monoisotopic (exact) mass is 338 g/mol. The van der Waals surface area contributed by atoms with Crippen LogP contribution in [0.1, 0.15) is 24.2 Å². The molecule has 0 atom stereocenters. The number of carbonyl (C=O) groups is 1. The van der Waals surface area contributed by atoms with Gasteiger partial charge in [-0.25, -0.2) is 9.18 Å². The van der Waals surface area contributed by atoms with Gasteiger partial charge in [0.25, 0.3) is 0 Å². The second kappa shape index (κ2) is 6.93. The summed E-state index contributed by atoms with van der Waals surface area (Å²) in [6.45, 7) is 3.92. The van der Waals surface area contributed by atoms with E-state index in [1.54, 1.807) is 18.2 Å². The molecule has 0 aliphatic carbocycles. The standard InChI is InChI=1S/C21H19FO3/c1-13(2)25-18-9-6-15-11-19(14-4-7-17(22)8-5-14)20(21(23)24-3)12-16(15)10-18/h4-13H,1-3H3. The van der Waals surface area contributed by atoms with Gasteiger partial charge in [0.05, 0.1) is 18.8 Å². The largest absolute Gasteiger partial charge is 0.491 e. The normalized spacial score (nSPS) is 10.9. The number of halogens is 1. The van der Waals surface area contributed by atoms with Crippen LogP contribution in [0.5, 0.6) is 5.75 Å². The lowest BCUT2D eigenvalue weighted by atomic mass is 9.95. The molecule has 0 radical (unpaired) electrons. The Balaban J connectivity index is 2.18. The van der Waals surface area contributed by atoms with Gasteiger partial charge in [-0.05, 0) is 72.1 Å². The van der Waals surface area contributed by atoms with Crippen molar-refractivity contribution in [3.05, 3.63) is 66.0 Å². The van der Waals surface area contributed by atoms with Gasteiger partial charge < -0.3 is 9.47 Å². The minimum Gasteiger partial charge on any atom is -0.491 e. The Hall–Kier alpha value is -2.88. The van der Waals surface area contributed by atoms with Crippen LogP contribution in [0.15, 0.2) is 54.6 Å². The fourth-order valence-electron chi connectivity index (χ4n) is 2.77. The number of hydrogen-bond acceptors (Lipinski definition) is 3. The lowest BCUT2D eigenvalue weighted by Gasteiger charge is -2.13. The highest BCUT2D eigenvalue weighted by molar-refractivity contribution is 6.03. The van der Waals surface area contributed by atoms with Gasteiger partial charge in [-0.3, -0.25) is 0 Å². The van der Waals surface area contributed by atoms with Gasteiger partial charge in [-0.1, -0.05) is 18.2 Å². The summed E-state index contributed by atoms with van der Waals surface area (Å²) in [5, 5.41) is 1.84. The number of hydrogen-bond donors (Lipinski definition) is 0. The molecule has 4 heteroatoms. The highest BCUT2D eigenvalue weighted by Gasteiger charge is 2.15. The molecule has 3 aromatic carbocycles. The van der Waals surface area contributed by atoms with E-state index >= 15 is 0 Å². The Morgan fingerprint density at radius 2 is 1.68 bits per heavy atom. The van der Waals surface area contributed by atoms with Crippen LogP contribution in [0.2, 0.25) is 0 Å². The van der Waals surface area contributed by atoms with Crippen molar-refractivity contribution in [1.29, 1.82) is 0 Å². The molecule has 0 N–H and O–H groups in total. The number of esters is 1. The molecule has 0 spiro atoms. The fourth-order valence-corrected chi connectivity index (χ4v) is 2.77. The summed E-state index contributed by atoms with van der Waals surface area (Å²) in [6, 6.07) is 15.5. The van der Waals surface area contributed by atoms with Crippen LogP contribution in [-0.2, 0) is 4.74 Å². The van der Waals surface area contributed by atoms with E-state index in [0.717, 1.165) is 22.1 Å². The maximum Gasteiger partial charge on any atom is 0.338 e. The van der Waals surface area contributed by atoms with Crippen molar-refractivity contribution in [3.8, 4) is 16.9 Å². The highest BCUT2D eigenvalue weighted by Crippen LogP contribution is 2.31. The van der Waals surface area contributed by atoms with Crippen molar-refractivity contribution in [2.45, 2.75) is 20.0 Å². The summed E-state index contributed by atoms with van der Waals surface area (Å²) in [5.74, 6) is -0.0103. The lowest BCUT2D eigenvalue weighted by molar-refractivity contribution is 0.0602. The van der Waals surface area contributed by atoms with E-state index in [9.17, 15) is 9.18 Å². The number of fused-ring (bicyclic) bond motifs is 1. The van der Waals surface area contributed by atoms with E-state index in [-0.39, 0.29) is 11.9 Å². The zero-order valence-electron chi connectivity index (χ0n) is 14.4. The SMILES string of the molecule is COC(=O)c1cc2cc(OC(C)C)ccc2cc1-c1ccc(F)cc1. The Bertz CT molecular complexity index is 914. The van der Waals surface area contributed by atoms with Gasteiger partial charge >= 0.3 is 5.97 Å². The maximum absolute atomic E-state index is 13.2. The number of benzene rings is 3. The van der Waals surface area contributed by atoms with Crippen molar-refractivity contribution in [2.24, 2.45) is 0 Å². The molecule has 3 aromatic rings. The van der Waals surface area contributed by atoms with Gasteiger partial charge in [0.2, 0.25) is 0 Å². The van der Waals surface area contributed by atoms with Crippen LogP contribution >= 0.6 is 0 Å². The predicted octanol–water partition coefficient (Wildman–Crippen LogP) is 5.22. The van der Waals surface area contributed by atoms with Crippen LogP contribution in [0, 0.1) is 5.82 Å². The van der Waals surface area contributed by atoms with Gasteiger partial charge in [0, 0.05) is 0 Å². The van der Waals surface area contributed by atoms with Crippen molar-refractivity contribution >= 4 is 16.7 Å². The maximum atomic E-state index is 13.2. The summed E-state index contributed by atoms with van der Waals surface area (Å²) >= 11 is 0. The van der Waals surface area contributed by atoms with Crippen molar-refractivity contribution in [2.75, 3.05) is 7.11 Å². The average molecular weight is 338 g/mol. The zero-order chi connectivity index (χ0) is 18.0. The third kappa shape index (κ3) is 3.63. The summed E-state index contributed by atoms with van der Waals surface area (Å²) in [5.41, 5.74) is 1.89. The molecule has 3 rings (SSSR count). The van der Waals surface area contributed by atoms with Crippen molar-refractivity contribution in [1.82, 2.24) is 0 Å². The van der Waals surface area contributed by atoms with Crippen LogP contribution in [0.25, 0.3) is 21.9 Å². The zero-order valence-corrected chi connectivity index (χ0v) is 14.4. The molecule has 0 saturated heterocycles. The highest BCUT2D eigenvalue weighted by atomic mass is 19.1. The van der Waals surface area contributed by atoms with Crippen molar-refractivity contribution < 1.29 is 18.7 Å². The lowest BCUT2D eigenvalue weighted by Crippen LogP contribution is -2.06. The molecule has 128 valence electrons. The summed E-state index contributed by atoms with van der Waals surface area (Å²) in [6.07, 6.45) is 0.0658. The Morgan fingerprint density at radius 3 is 2.32 bits per heavy atom. The molecule has 0 aliphatic rings. The van der Waals surface area contributed by atoms with Crippen LogP contribution < -0.4 is 4.74 Å². The predicted molar refractivity (Wildman–Crippen MR) is 96.4 cm³/mol. The molecule has 0 heterocycles. The van der Waals surface area contributed by atoms with E-state index in [1.807, 2.05) is 38.1 Å². The summed E-state index contributed by atoms with van der Waals surface area (Å²) in [4.78, 5) is 12.3. The number of carbonyl (C=O) groups excluding carboxylic acids is 1. The second-order valence-electron chi connectivity index (χ2n) is 6.07. The Kier molecular flexibility index (Phi) is 4.70. The first-order valence-corrected chi connectivity index (χ1v) is 8.06. The molecule has 0 fully saturated rings. The third-order valence-corrected chi connectivity index (χ3v) is 3.88. The van der Waals surface area contributed by atoms with E-state index in [4.69, 9.17) is 9.47 Å². The fraction of sp³-hybridized carbons (Fsp3) is 0.190. The van der Waals surface area contributed by atoms with Gasteiger partial charge in [0.1, 0.15) is 11.6 Å². The molecule has 3 nitrogen and oxygen atoms in total. The minimum absolute atomic E-state index is 0.0658. The van der Waals surface area contributed by atoms with E-state index in [1.165, 1.54) is 19.2 Å². The molecule has 0 saturated carbocycles. The van der Waals surface area contributed by atoms with Crippen LogP contribution in [0.4, 0.5) is 4.39 Å². The molecule has 0 bridgehead atoms. The van der Waals surface area contributed by atoms with E-state index in [2.05, 4.69) is 0 Å². The minimum atomic E-state index is -0.434. The molecular weight excluding hydrogens is 319 g/mol. The smallest absolute Gasteiger partial charge is 0.338 e. The summed E-state index contributed by atoms with van der Waals surface area (Å²) in [7, 11) is 1.35. The van der Waals surface area contributed by atoms with Gasteiger partial charge in [0.15, 0.2) is 0 Å². The number of rotatable bonds is 4. The Labute approximate surface area is 146 Å². The molecule has 0 amide bonds. The molecule has 0 aromatic heterocycles. The van der Waals surface area contributed by atoms with Crippen molar-refractivity contribution in [3.63, 3.8) is 0 Å². The molecule has 0 unspecified atom stereocenters. The molecule has 0 aliphatic heterocycles.